The lowest BCUT2D eigenvalue weighted by Gasteiger charge is -2.49. The van der Waals surface area contributed by atoms with Crippen LogP contribution in [0.1, 0.15) is 106 Å². The Bertz CT molecular complexity index is 1480. The molecule has 3 aliphatic heterocycles. The zero-order chi connectivity index (χ0) is 44.4. The molecule has 4 heterocycles. The summed E-state index contributed by atoms with van der Waals surface area (Å²) < 4.78 is 38.1. The van der Waals surface area contributed by atoms with Gasteiger partial charge in [-0.1, -0.05) is 20.8 Å². The van der Waals surface area contributed by atoms with Crippen molar-refractivity contribution in [1.82, 2.24) is 14.8 Å². The summed E-state index contributed by atoms with van der Waals surface area (Å²) in [5.74, 6) is -2.66. The van der Waals surface area contributed by atoms with Crippen LogP contribution in [0.15, 0.2) is 5.38 Å². The van der Waals surface area contributed by atoms with Crippen molar-refractivity contribution in [2.75, 3.05) is 34.3 Å². The van der Waals surface area contributed by atoms with Crippen molar-refractivity contribution in [1.29, 1.82) is 0 Å². The molecule has 5 N–H and O–H groups in total. The number of carbonyl (C=O) groups excluding carboxylic acids is 1. The summed E-state index contributed by atoms with van der Waals surface area (Å²) in [6.45, 7) is 20.7. The van der Waals surface area contributed by atoms with E-state index in [-0.39, 0.29) is 37.3 Å². The molecule has 59 heavy (non-hydrogen) atoms. The molecule has 0 amide bonds. The van der Waals surface area contributed by atoms with Crippen LogP contribution in [0.3, 0.4) is 0 Å². The average Bonchev–Trinajstić information content (AvgIpc) is 3.59. The van der Waals surface area contributed by atoms with Gasteiger partial charge in [0.15, 0.2) is 12.6 Å². The van der Waals surface area contributed by atoms with E-state index in [4.69, 9.17) is 28.4 Å². The summed E-state index contributed by atoms with van der Waals surface area (Å²) in [5.41, 5.74) is -3.44. The highest BCUT2D eigenvalue weighted by atomic mass is 32.1. The fourth-order valence-corrected chi connectivity index (χ4v) is 10.3. The first-order valence-corrected chi connectivity index (χ1v) is 22.4. The number of rotatable bonds is 10. The summed E-state index contributed by atoms with van der Waals surface area (Å²) in [5, 5.41) is 62.2. The van der Waals surface area contributed by atoms with Crippen molar-refractivity contribution in [2.45, 2.75) is 199 Å². The predicted molar refractivity (Wildman–Crippen MR) is 224 cm³/mol. The third kappa shape index (κ3) is 11.8. The number of carbonyl (C=O) groups is 1. The number of hydrogen-bond donors (Lipinski definition) is 5. The van der Waals surface area contributed by atoms with Gasteiger partial charge in [0.05, 0.1) is 52.2 Å². The molecule has 4 rings (SSSR count). The molecule has 0 unspecified atom stereocenters. The minimum absolute atomic E-state index is 0.123. The number of likely N-dealkylation sites (N-methyl/N-ethyl adjacent to an activating group) is 2. The number of nitrogens with zero attached hydrogens (tertiary/aromatic N) is 3. The lowest BCUT2D eigenvalue weighted by molar-refractivity contribution is -0.318. The topological polar surface area (TPSA) is 193 Å². The number of aryl methyl sites for hydroxylation is 1. The number of thiazole rings is 1. The first-order valence-electron chi connectivity index (χ1n) is 21.5. The molecule has 0 saturated carbocycles. The Balaban J connectivity index is 1.77. The van der Waals surface area contributed by atoms with Gasteiger partial charge in [-0.3, -0.25) is 4.79 Å². The molecule has 18 atom stereocenters. The SMILES string of the molecule is CC[C@H]1OC(=O)[C@H](C)[C@@H](O[C@H]2C[C@@](C)(OC)[C@@H](O)[C@H](C)O2)[C@H](C)[C@@H](O[C@@H]2O[C@H](C)C[C@H](N(C)CCc3csc(C)n3)[C@H]2O)[C@](C)(O)C[C@@H](C)CN(C)[C@H](C)[C@@H](O)[C@]1(C)O. The zero-order valence-electron chi connectivity index (χ0n) is 38.0. The Morgan fingerprint density at radius 2 is 1.68 bits per heavy atom. The molecule has 15 nitrogen and oxygen atoms in total. The van der Waals surface area contributed by atoms with E-state index < -0.39 is 96.0 Å². The van der Waals surface area contributed by atoms with Gasteiger partial charge in [0.25, 0.3) is 0 Å². The third-order valence-corrected chi connectivity index (χ3v) is 14.3. The van der Waals surface area contributed by atoms with Gasteiger partial charge >= 0.3 is 5.97 Å². The van der Waals surface area contributed by atoms with Gasteiger partial charge in [-0.05, 0) is 94.7 Å². The van der Waals surface area contributed by atoms with Crippen LogP contribution in [0, 0.1) is 24.7 Å². The highest BCUT2D eigenvalue weighted by Gasteiger charge is 2.52. The Kier molecular flexibility index (Phi) is 17.4. The summed E-state index contributed by atoms with van der Waals surface area (Å²) in [4.78, 5) is 23.0. The fraction of sp³-hybridized carbons (Fsp3) is 0.907. The molecule has 0 aromatic carbocycles. The summed E-state index contributed by atoms with van der Waals surface area (Å²) in [7, 11) is 5.32. The van der Waals surface area contributed by atoms with E-state index >= 15 is 0 Å². The monoisotopic (exact) mass is 860 g/mol. The minimum atomic E-state index is -1.81. The van der Waals surface area contributed by atoms with Crippen LogP contribution in [0.5, 0.6) is 0 Å². The molecule has 16 heteroatoms. The van der Waals surface area contributed by atoms with Gasteiger partial charge in [0.2, 0.25) is 0 Å². The van der Waals surface area contributed by atoms with Gasteiger partial charge in [-0.2, -0.15) is 0 Å². The fourth-order valence-electron chi connectivity index (χ4n) is 9.64. The first kappa shape index (κ1) is 50.3. The molecule has 0 radical (unpaired) electrons. The van der Waals surface area contributed by atoms with Crippen LogP contribution >= 0.6 is 11.3 Å². The number of esters is 1. The van der Waals surface area contributed by atoms with E-state index in [0.29, 0.717) is 25.9 Å². The molecule has 3 fully saturated rings. The second-order valence-corrected chi connectivity index (χ2v) is 19.9. The summed E-state index contributed by atoms with van der Waals surface area (Å²) in [6.07, 6.45) is -7.80. The molecule has 3 aliphatic rings. The molecule has 1 aromatic rings. The first-order chi connectivity index (χ1) is 27.4. The Morgan fingerprint density at radius 3 is 2.27 bits per heavy atom. The Hall–Kier alpha value is -1.38. The summed E-state index contributed by atoms with van der Waals surface area (Å²) in [6, 6.07) is -0.882. The normalized spacial score (nSPS) is 45.2. The Morgan fingerprint density at radius 1 is 1.02 bits per heavy atom. The molecular formula is C43H77N3O12S. The molecule has 0 spiro atoms. The van der Waals surface area contributed by atoms with E-state index in [0.717, 1.165) is 10.7 Å². The van der Waals surface area contributed by atoms with Gasteiger partial charge in [0, 0.05) is 56.4 Å². The van der Waals surface area contributed by atoms with Crippen LogP contribution in [-0.2, 0) is 39.6 Å². The maximum absolute atomic E-state index is 14.4. The van der Waals surface area contributed by atoms with E-state index in [1.807, 2.05) is 46.7 Å². The number of aliphatic hydroxyl groups is 5. The number of hydrogen-bond acceptors (Lipinski definition) is 16. The van der Waals surface area contributed by atoms with Crippen LogP contribution < -0.4 is 0 Å². The highest BCUT2D eigenvalue weighted by Crippen LogP contribution is 2.40. The van der Waals surface area contributed by atoms with Gasteiger partial charge < -0.3 is 63.8 Å². The van der Waals surface area contributed by atoms with Crippen LogP contribution in [-0.4, -0.2) is 171 Å². The molecule has 0 aliphatic carbocycles. The van der Waals surface area contributed by atoms with Crippen molar-refractivity contribution in [3.05, 3.63) is 16.1 Å². The van der Waals surface area contributed by atoms with Crippen molar-refractivity contribution >= 4 is 17.3 Å². The molecule has 3 saturated heterocycles. The van der Waals surface area contributed by atoms with Crippen LogP contribution in [0.4, 0.5) is 0 Å². The summed E-state index contributed by atoms with van der Waals surface area (Å²) >= 11 is 1.61. The second-order valence-electron chi connectivity index (χ2n) is 18.8. The number of cyclic esters (lactones) is 1. The number of aromatic nitrogens is 1. The average molecular weight is 860 g/mol. The standard InChI is InChI=1S/C43H77N3O12S/c1-15-32-43(11,52)36(48)27(6)46(13)21-23(2)19-41(9,51)38(58-40-34(47)31(18-24(3)54-40)45(12)17-16-30-22-59-29(8)44-30)25(4)35(26(5)39(50)56-32)57-33-20-42(10,53-14)37(49)28(7)55-33/h22-28,31-38,40,47-49,51-52H,15-21H2,1-14H3/t23-,24-,25+,26-,27-,28+,31+,32-,33+,34-,35+,36-,37+,38-,40+,41-,42-,43-/m1/s1. The minimum Gasteiger partial charge on any atom is -0.459 e. The van der Waals surface area contributed by atoms with Crippen molar-refractivity contribution < 1.29 is 58.7 Å². The van der Waals surface area contributed by atoms with Gasteiger partial charge in [-0.25, -0.2) is 4.98 Å². The van der Waals surface area contributed by atoms with Crippen LogP contribution in [0.25, 0.3) is 0 Å². The largest absolute Gasteiger partial charge is 0.459 e. The molecule has 342 valence electrons. The number of ether oxygens (including phenoxy) is 6. The van der Waals surface area contributed by atoms with Crippen molar-refractivity contribution in [2.24, 2.45) is 17.8 Å². The smallest absolute Gasteiger partial charge is 0.311 e. The number of aliphatic hydroxyl groups excluding tert-OH is 3. The molecule has 1 aromatic heterocycles. The third-order valence-electron chi connectivity index (χ3n) is 13.5. The lowest BCUT2D eigenvalue weighted by Crippen LogP contribution is -2.61. The van der Waals surface area contributed by atoms with Gasteiger partial charge in [0.1, 0.15) is 30.0 Å². The quantitative estimate of drug-likeness (QED) is 0.215. The van der Waals surface area contributed by atoms with E-state index in [1.54, 1.807) is 52.9 Å². The lowest BCUT2D eigenvalue weighted by atomic mass is 9.77. The van der Waals surface area contributed by atoms with Crippen molar-refractivity contribution in [3.8, 4) is 0 Å². The van der Waals surface area contributed by atoms with E-state index in [1.165, 1.54) is 14.0 Å². The second kappa shape index (κ2) is 20.4. The number of methoxy groups -OCH3 is 1. The predicted octanol–water partition coefficient (Wildman–Crippen LogP) is 3.28. The van der Waals surface area contributed by atoms with Crippen LogP contribution in [0.2, 0.25) is 0 Å². The van der Waals surface area contributed by atoms with E-state index in [9.17, 15) is 30.3 Å². The maximum Gasteiger partial charge on any atom is 0.311 e. The molecule has 0 bridgehead atoms. The van der Waals surface area contributed by atoms with E-state index in [2.05, 4.69) is 15.3 Å². The zero-order valence-corrected chi connectivity index (χ0v) is 38.8. The molecular weight excluding hydrogens is 783 g/mol. The van der Waals surface area contributed by atoms with Crippen molar-refractivity contribution in [3.63, 3.8) is 0 Å². The maximum atomic E-state index is 14.4. The Labute approximate surface area is 356 Å². The van der Waals surface area contributed by atoms with Gasteiger partial charge in [-0.15, -0.1) is 11.3 Å². The highest BCUT2D eigenvalue weighted by molar-refractivity contribution is 7.09.